The molecule has 8 heteroatoms. The number of halogens is 1. The van der Waals surface area contributed by atoms with E-state index in [4.69, 9.17) is 14.2 Å². The normalized spacial score (nSPS) is 11.0. The Morgan fingerprint density at radius 1 is 0.968 bits per heavy atom. The number of rotatable bonds is 11. The molecule has 0 radical (unpaired) electrons. The van der Waals surface area contributed by atoms with Crippen molar-refractivity contribution >= 4 is 35.6 Å². The molecule has 0 amide bonds. The molecule has 172 valence electrons. The average Bonchev–Trinajstić information content (AvgIpc) is 2.79. The summed E-state index contributed by atoms with van der Waals surface area (Å²) in [6, 6.07) is 13.7. The van der Waals surface area contributed by atoms with E-state index < -0.39 is 0 Å². The van der Waals surface area contributed by atoms with Gasteiger partial charge in [0.25, 0.3) is 0 Å². The van der Waals surface area contributed by atoms with Crippen LogP contribution < -0.4 is 24.8 Å². The lowest BCUT2D eigenvalue weighted by Crippen LogP contribution is -2.30. The fraction of sp³-hybridized carbons (Fsp3) is 0.435. The van der Waals surface area contributed by atoms with Crippen molar-refractivity contribution < 1.29 is 14.2 Å². The van der Waals surface area contributed by atoms with Crippen molar-refractivity contribution in [2.45, 2.75) is 20.4 Å². The van der Waals surface area contributed by atoms with Gasteiger partial charge in [-0.15, -0.1) is 24.0 Å². The van der Waals surface area contributed by atoms with E-state index in [1.165, 1.54) is 0 Å². The molecule has 0 bridgehead atoms. The van der Waals surface area contributed by atoms with Gasteiger partial charge in [0.15, 0.2) is 17.5 Å². The van der Waals surface area contributed by atoms with E-state index in [2.05, 4.69) is 40.4 Å². The fourth-order valence-corrected chi connectivity index (χ4v) is 3.02. The highest BCUT2D eigenvalue weighted by atomic mass is 127. The molecule has 0 spiro atoms. The Hall–Kier alpha value is -2.20. The van der Waals surface area contributed by atoms with Crippen LogP contribution in [0.5, 0.6) is 17.2 Å². The van der Waals surface area contributed by atoms with E-state index in [0.717, 1.165) is 36.6 Å². The van der Waals surface area contributed by atoms with Gasteiger partial charge in [0.2, 0.25) is 0 Å². The van der Waals surface area contributed by atoms with E-state index in [1.54, 1.807) is 21.3 Å². The smallest absolute Gasteiger partial charge is 0.195 e. The van der Waals surface area contributed by atoms with Crippen molar-refractivity contribution in [3.05, 3.63) is 48.0 Å². The first-order valence-electron chi connectivity index (χ1n) is 10.3. The molecule has 0 aliphatic carbocycles. The summed E-state index contributed by atoms with van der Waals surface area (Å²) in [4.78, 5) is 6.65. The number of ether oxygens (including phenoxy) is 3. The molecule has 2 rings (SSSR count). The number of para-hydroxylation sites is 1. The zero-order chi connectivity index (χ0) is 21.8. The Kier molecular flexibility index (Phi) is 12.8. The van der Waals surface area contributed by atoms with Crippen molar-refractivity contribution in [3.63, 3.8) is 0 Å². The number of hydrogen-bond acceptors (Lipinski definition) is 5. The molecule has 0 saturated carbocycles. The van der Waals surface area contributed by atoms with Gasteiger partial charge in [-0.2, -0.15) is 0 Å². The van der Waals surface area contributed by atoms with Gasteiger partial charge in [0.05, 0.1) is 14.2 Å². The van der Waals surface area contributed by atoms with Crippen LogP contribution in [0.3, 0.4) is 0 Å². The topological polar surface area (TPSA) is 67.4 Å². The number of hydrogen-bond donors (Lipinski definition) is 2. The molecule has 0 fully saturated rings. The highest BCUT2D eigenvalue weighted by Crippen LogP contribution is 2.29. The average molecular weight is 542 g/mol. The molecule has 2 aromatic carbocycles. The largest absolute Gasteiger partial charge is 0.493 e. The van der Waals surface area contributed by atoms with Crippen LogP contribution in [-0.2, 0) is 6.54 Å². The molecule has 0 aliphatic heterocycles. The minimum Gasteiger partial charge on any atom is -0.493 e. The van der Waals surface area contributed by atoms with Crippen molar-refractivity contribution in [2.24, 2.45) is 4.99 Å². The summed E-state index contributed by atoms with van der Waals surface area (Å²) >= 11 is 0. The number of aliphatic imine (C=N–C) groups is 1. The summed E-state index contributed by atoms with van der Waals surface area (Å²) in [5.74, 6) is 2.88. The first-order valence-corrected chi connectivity index (χ1v) is 10.3. The quantitative estimate of drug-likeness (QED) is 0.252. The molecular formula is C23H35IN4O3. The third kappa shape index (κ3) is 8.45. The number of nitrogens with zero attached hydrogens (tertiary/aromatic N) is 2. The van der Waals surface area contributed by atoms with E-state index in [9.17, 15) is 0 Å². The zero-order valence-electron chi connectivity index (χ0n) is 19.1. The highest BCUT2D eigenvalue weighted by Gasteiger charge is 2.08. The number of methoxy groups -OCH3 is 2. The lowest BCUT2D eigenvalue weighted by atomic mass is 10.2. The molecule has 0 aromatic heterocycles. The monoisotopic (exact) mass is 542 g/mol. The lowest BCUT2D eigenvalue weighted by molar-refractivity contribution is 0.221. The minimum absolute atomic E-state index is 0. The van der Waals surface area contributed by atoms with Gasteiger partial charge in [-0.1, -0.05) is 32.0 Å². The molecule has 31 heavy (non-hydrogen) atoms. The van der Waals surface area contributed by atoms with Gasteiger partial charge in [-0.05, 0) is 31.3 Å². The van der Waals surface area contributed by atoms with Crippen LogP contribution in [0.4, 0.5) is 5.69 Å². The molecule has 2 aromatic rings. The standard InChI is InChI=1S/C23H34N4O3.HI/c1-6-27(7-2)14-15-30-20-11-9-8-10-18(20)17-25-23(24-3)26-19-12-13-21(28-4)22(16-19)29-5;/h8-13,16H,6-7,14-15,17H2,1-5H3,(H2,24,25,26);1H. The number of nitrogens with one attached hydrogen (secondary N) is 2. The van der Waals surface area contributed by atoms with Crippen molar-refractivity contribution in [2.75, 3.05) is 52.8 Å². The summed E-state index contributed by atoms with van der Waals surface area (Å²) in [5.41, 5.74) is 1.93. The first kappa shape index (κ1) is 26.8. The number of anilines is 1. The summed E-state index contributed by atoms with van der Waals surface area (Å²) in [6.45, 7) is 8.56. The van der Waals surface area contributed by atoms with Crippen LogP contribution in [0.25, 0.3) is 0 Å². The van der Waals surface area contributed by atoms with Crippen molar-refractivity contribution in [3.8, 4) is 17.2 Å². The predicted octanol–water partition coefficient (Wildman–Crippen LogP) is 4.23. The summed E-state index contributed by atoms with van der Waals surface area (Å²) in [7, 11) is 4.97. The summed E-state index contributed by atoms with van der Waals surface area (Å²) in [5, 5.41) is 6.61. The van der Waals surface area contributed by atoms with E-state index in [1.807, 2.05) is 36.4 Å². The Bertz CT molecular complexity index is 813. The van der Waals surface area contributed by atoms with Crippen LogP contribution in [0, 0.1) is 0 Å². The second-order valence-electron chi connectivity index (χ2n) is 6.60. The van der Waals surface area contributed by atoms with Gasteiger partial charge in [-0.3, -0.25) is 4.99 Å². The van der Waals surface area contributed by atoms with Crippen LogP contribution in [-0.4, -0.2) is 58.4 Å². The Morgan fingerprint density at radius 2 is 1.68 bits per heavy atom. The van der Waals surface area contributed by atoms with E-state index >= 15 is 0 Å². The molecule has 0 saturated heterocycles. The second kappa shape index (κ2) is 14.7. The van der Waals surface area contributed by atoms with Crippen LogP contribution >= 0.6 is 24.0 Å². The number of guanidine groups is 1. The first-order chi connectivity index (χ1) is 14.6. The maximum Gasteiger partial charge on any atom is 0.195 e. The third-order valence-electron chi connectivity index (χ3n) is 4.85. The zero-order valence-corrected chi connectivity index (χ0v) is 21.4. The molecule has 7 nitrogen and oxygen atoms in total. The van der Waals surface area contributed by atoms with Crippen molar-refractivity contribution in [1.82, 2.24) is 10.2 Å². The van der Waals surface area contributed by atoms with Gasteiger partial charge >= 0.3 is 0 Å². The Balaban J connectivity index is 0.00000480. The third-order valence-corrected chi connectivity index (χ3v) is 4.85. The Morgan fingerprint density at radius 3 is 2.32 bits per heavy atom. The predicted molar refractivity (Wildman–Crippen MR) is 139 cm³/mol. The van der Waals surface area contributed by atoms with Crippen molar-refractivity contribution in [1.29, 1.82) is 0 Å². The molecule has 0 heterocycles. The number of likely N-dealkylation sites (N-methyl/N-ethyl adjacent to an activating group) is 1. The number of benzene rings is 2. The lowest BCUT2D eigenvalue weighted by Gasteiger charge is -2.19. The van der Waals surface area contributed by atoms with Gasteiger partial charge < -0.3 is 29.7 Å². The minimum atomic E-state index is 0. The maximum atomic E-state index is 6.04. The molecule has 0 aliphatic rings. The van der Waals surface area contributed by atoms with Crippen LogP contribution in [0.1, 0.15) is 19.4 Å². The van der Waals surface area contributed by atoms with Gasteiger partial charge in [0, 0.05) is 37.5 Å². The van der Waals surface area contributed by atoms with Gasteiger partial charge in [-0.25, -0.2) is 0 Å². The molecule has 2 N–H and O–H groups in total. The Labute approximate surface area is 203 Å². The van der Waals surface area contributed by atoms with Gasteiger partial charge in [0.1, 0.15) is 12.4 Å². The summed E-state index contributed by atoms with van der Waals surface area (Å²) < 4.78 is 16.7. The summed E-state index contributed by atoms with van der Waals surface area (Å²) in [6.07, 6.45) is 0. The highest BCUT2D eigenvalue weighted by molar-refractivity contribution is 14.0. The van der Waals surface area contributed by atoms with E-state index in [-0.39, 0.29) is 24.0 Å². The maximum absolute atomic E-state index is 6.04. The van der Waals surface area contributed by atoms with E-state index in [0.29, 0.717) is 30.6 Å². The fourth-order valence-electron chi connectivity index (χ4n) is 3.02. The van der Waals surface area contributed by atoms with Crippen LogP contribution in [0.2, 0.25) is 0 Å². The molecular weight excluding hydrogens is 507 g/mol. The molecule has 0 unspecified atom stereocenters. The molecule has 0 atom stereocenters. The van der Waals surface area contributed by atoms with Crippen LogP contribution in [0.15, 0.2) is 47.5 Å². The second-order valence-corrected chi connectivity index (χ2v) is 6.60. The SMILES string of the molecule is CCN(CC)CCOc1ccccc1CNC(=NC)Nc1ccc(OC)c(OC)c1.I.